The molecular formula is C8H7BrF2S. The minimum absolute atomic E-state index is 0.485. The number of hydrogen-bond acceptors (Lipinski definition) is 1. The van der Waals surface area contributed by atoms with Crippen LogP contribution in [0.1, 0.15) is 0 Å². The molecule has 0 aliphatic rings. The molecule has 1 aromatic carbocycles. The number of benzene rings is 1. The summed E-state index contributed by atoms with van der Waals surface area (Å²) in [6, 6.07) is 3.62. The average molecular weight is 253 g/mol. The molecule has 66 valence electrons. The van der Waals surface area contributed by atoms with Crippen LogP contribution in [-0.2, 0) is 0 Å². The predicted octanol–water partition coefficient (Wildman–Crippen LogP) is 3.45. The van der Waals surface area contributed by atoms with Gasteiger partial charge in [0.1, 0.15) is 11.6 Å². The van der Waals surface area contributed by atoms with Crippen molar-refractivity contribution >= 4 is 27.7 Å². The van der Waals surface area contributed by atoms with E-state index in [0.717, 1.165) is 17.1 Å². The second kappa shape index (κ2) is 4.82. The van der Waals surface area contributed by atoms with E-state index in [9.17, 15) is 8.78 Å². The van der Waals surface area contributed by atoms with Gasteiger partial charge in [-0.2, -0.15) is 0 Å². The lowest BCUT2D eigenvalue weighted by Gasteiger charge is -2.00. The van der Waals surface area contributed by atoms with E-state index in [1.165, 1.54) is 23.9 Å². The molecule has 0 amide bonds. The zero-order valence-corrected chi connectivity index (χ0v) is 8.59. The van der Waals surface area contributed by atoms with Crippen LogP contribution in [0.5, 0.6) is 0 Å². The maximum absolute atomic E-state index is 12.9. The van der Waals surface area contributed by atoms with Crippen molar-refractivity contribution in [3.63, 3.8) is 0 Å². The van der Waals surface area contributed by atoms with Gasteiger partial charge in [0.2, 0.25) is 0 Å². The Bertz CT molecular complexity index is 265. The highest BCUT2D eigenvalue weighted by atomic mass is 79.9. The van der Waals surface area contributed by atoms with Crippen molar-refractivity contribution in [1.29, 1.82) is 0 Å². The van der Waals surface area contributed by atoms with Gasteiger partial charge in [-0.05, 0) is 12.1 Å². The van der Waals surface area contributed by atoms with Crippen LogP contribution in [0.2, 0.25) is 0 Å². The first-order chi connectivity index (χ1) is 5.74. The molecule has 0 heterocycles. The maximum Gasteiger partial charge on any atom is 0.139 e. The van der Waals surface area contributed by atoms with E-state index in [1.807, 2.05) is 0 Å². The summed E-state index contributed by atoms with van der Waals surface area (Å²) < 4.78 is 25.3. The number of hydrogen-bond donors (Lipinski definition) is 0. The molecule has 0 aromatic heterocycles. The summed E-state index contributed by atoms with van der Waals surface area (Å²) in [5, 5.41) is 0.800. The van der Waals surface area contributed by atoms with E-state index in [2.05, 4.69) is 15.9 Å². The van der Waals surface area contributed by atoms with Gasteiger partial charge in [-0.1, -0.05) is 15.9 Å². The maximum atomic E-state index is 12.9. The van der Waals surface area contributed by atoms with Gasteiger partial charge in [0, 0.05) is 22.0 Å². The first-order valence-corrected chi connectivity index (χ1v) is 5.48. The summed E-state index contributed by atoms with van der Waals surface area (Å²) in [6.07, 6.45) is 0. The molecule has 0 radical (unpaired) electrons. The molecule has 0 nitrogen and oxygen atoms in total. The molecule has 0 bridgehead atoms. The normalized spacial score (nSPS) is 10.2. The van der Waals surface area contributed by atoms with E-state index < -0.39 is 11.6 Å². The highest BCUT2D eigenvalue weighted by Crippen LogP contribution is 2.22. The smallest absolute Gasteiger partial charge is 0.139 e. The molecule has 0 saturated heterocycles. The molecular weight excluding hydrogens is 246 g/mol. The molecule has 0 atom stereocenters. The lowest BCUT2D eigenvalue weighted by atomic mass is 10.3. The number of alkyl halides is 1. The van der Waals surface area contributed by atoms with Crippen molar-refractivity contribution in [2.45, 2.75) is 4.90 Å². The van der Waals surface area contributed by atoms with Gasteiger partial charge in [0.25, 0.3) is 0 Å². The summed E-state index contributed by atoms with van der Waals surface area (Å²) in [4.78, 5) is 0.496. The SMILES string of the molecule is Fc1ccc(SCCBr)c(F)c1. The molecule has 0 aliphatic carbocycles. The monoisotopic (exact) mass is 252 g/mol. The third-order valence-electron chi connectivity index (χ3n) is 1.23. The first kappa shape index (κ1) is 9.99. The van der Waals surface area contributed by atoms with Gasteiger partial charge < -0.3 is 0 Å². The number of halogens is 3. The quantitative estimate of drug-likeness (QED) is 0.587. The molecule has 0 unspecified atom stereocenters. The fraction of sp³-hybridized carbons (Fsp3) is 0.250. The van der Waals surface area contributed by atoms with E-state index in [1.54, 1.807) is 0 Å². The summed E-state index contributed by atoms with van der Waals surface area (Å²) in [5.74, 6) is -0.237. The molecule has 1 aromatic rings. The van der Waals surface area contributed by atoms with Crippen LogP contribution in [0.3, 0.4) is 0 Å². The second-order valence-corrected chi connectivity index (χ2v) is 4.04. The minimum atomic E-state index is -0.532. The topological polar surface area (TPSA) is 0 Å². The highest BCUT2D eigenvalue weighted by molar-refractivity contribution is 9.09. The fourth-order valence-corrected chi connectivity index (χ4v) is 1.88. The van der Waals surface area contributed by atoms with Gasteiger partial charge in [-0.25, -0.2) is 8.78 Å². The van der Waals surface area contributed by atoms with Crippen LogP contribution < -0.4 is 0 Å². The Morgan fingerprint density at radius 3 is 2.67 bits per heavy atom. The lowest BCUT2D eigenvalue weighted by molar-refractivity contribution is 0.566. The number of rotatable bonds is 3. The Kier molecular flexibility index (Phi) is 4.01. The Balaban J connectivity index is 2.72. The van der Waals surface area contributed by atoms with Crippen molar-refractivity contribution in [2.75, 3.05) is 11.1 Å². The Morgan fingerprint density at radius 1 is 1.33 bits per heavy atom. The largest absolute Gasteiger partial charge is 0.207 e. The van der Waals surface area contributed by atoms with Gasteiger partial charge in [-0.15, -0.1) is 11.8 Å². The van der Waals surface area contributed by atoms with Crippen molar-refractivity contribution in [3.8, 4) is 0 Å². The summed E-state index contributed by atoms with van der Waals surface area (Å²) in [7, 11) is 0. The minimum Gasteiger partial charge on any atom is -0.207 e. The molecule has 12 heavy (non-hydrogen) atoms. The predicted molar refractivity (Wildman–Crippen MR) is 50.9 cm³/mol. The fourth-order valence-electron chi connectivity index (χ4n) is 0.741. The lowest BCUT2D eigenvalue weighted by Crippen LogP contribution is -1.85. The van der Waals surface area contributed by atoms with Crippen molar-refractivity contribution in [1.82, 2.24) is 0 Å². The first-order valence-electron chi connectivity index (χ1n) is 3.38. The summed E-state index contributed by atoms with van der Waals surface area (Å²) in [6.45, 7) is 0. The standard InChI is InChI=1S/C8H7BrF2S/c9-3-4-12-8-2-1-6(10)5-7(8)11/h1-2,5H,3-4H2. The van der Waals surface area contributed by atoms with E-state index in [0.29, 0.717) is 4.90 Å². The molecule has 0 fully saturated rings. The van der Waals surface area contributed by atoms with Gasteiger partial charge in [0.05, 0.1) is 0 Å². The second-order valence-electron chi connectivity index (χ2n) is 2.11. The van der Waals surface area contributed by atoms with Crippen molar-refractivity contribution in [3.05, 3.63) is 29.8 Å². The molecule has 0 N–H and O–H groups in total. The third-order valence-corrected chi connectivity index (χ3v) is 3.20. The summed E-state index contributed by atoms with van der Waals surface area (Å²) >= 11 is 4.60. The molecule has 1 rings (SSSR count). The van der Waals surface area contributed by atoms with Crippen LogP contribution in [0.25, 0.3) is 0 Å². The summed E-state index contributed by atoms with van der Waals surface area (Å²) in [5.41, 5.74) is 0. The van der Waals surface area contributed by atoms with Crippen molar-refractivity contribution < 1.29 is 8.78 Å². The van der Waals surface area contributed by atoms with Crippen LogP contribution in [0.15, 0.2) is 23.1 Å². The molecule has 0 aliphatic heterocycles. The van der Waals surface area contributed by atoms with Crippen LogP contribution in [0.4, 0.5) is 8.78 Å². The number of thioether (sulfide) groups is 1. The van der Waals surface area contributed by atoms with E-state index in [4.69, 9.17) is 0 Å². The van der Waals surface area contributed by atoms with Gasteiger partial charge in [0.15, 0.2) is 0 Å². The Hall–Kier alpha value is -0.0900. The van der Waals surface area contributed by atoms with Gasteiger partial charge >= 0.3 is 0 Å². The highest BCUT2D eigenvalue weighted by Gasteiger charge is 2.02. The Labute approximate surface area is 82.5 Å². The van der Waals surface area contributed by atoms with Gasteiger partial charge in [-0.3, -0.25) is 0 Å². The van der Waals surface area contributed by atoms with Crippen molar-refractivity contribution in [2.24, 2.45) is 0 Å². The Morgan fingerprint density at radius 2 is 2.08 bits per heavy atom. The zero-order chi connectivity index (χ0) is 8.97. The van der Waals surface area contributed by atoms with E-state index >= 15 is 0 Å². The molecule has 0 spiro atoms. The molecule has 0 saturated carbocycles. The van der Waals surface area contributed by atoms with Crippen LogP contribution >= 0.6 is 27.7 Å². The van der Waals surface area contributed by atoms with Crippen LogP contribution in [0, 0.1) is 11.6 Å². The van der Waals surface area contributed by atoms with E-state index in [-0.39, 0.29) is 0 Å². The zero-order valence-electron chi connectivity index (χ0n) is 6.19. The third kappa shape index (κ3) is 2.75. The molecule has 4 heteroatoms. The van der Waals surface area contributed by atoms with Crippen LogP contribution in [-0.4, -0.2) is 11.1 Å². The average Bonchev–Trinajstić information content (AvgIpc) is 2.03.